The summed E-state index contributed by atoms with van der Waals surface area (Å²) in [6, 6.07) is 6.13. The van der Waals surface area contributed by atoms with Gasteiger partial charge < -0.3 is 15.5 Å². The number of aliphatic hydroxyl groups is 2. The van der Waals surface area contributed by atoms with Crippen molar-refractivity contribution in [3.05, 3.63) is 35.6 Å². The SMILES string of the molecule is OCC(O)CNCc1ccc(F)cc1. The lowest BCUT2D eigenvalue weighted by Gasteiger charge is -2.08. The largest absolute Gasteiger partial charge is 0.394 e. The number of hydrogen-bond acceptors (Lipinski definition) is 3. The highest BCUT2D eigenvalue weighted by Crippen LogP contribution is 2.01. The van der Waals surface area contributed by atoms with Crippen LogP contribution in [0.1, 0.15) is 5.56 Å². The van der Waals surface area contributed by atoms with Crippen molar-refractivity contribution in [3.8, 4) is 0 Å². The first-order chi connectivity index (χ1) is 6.72. The zero-order chi connectivity index (χ0) is 10.4. The number of hydrogen-bond donors (Lipinski definition) is 3. The molecule has 0 bridgehead atoms. The van der Waals surface area contributed by atoms with Crippen LogP contribution in [0.15, 0.2) is 24.3 Å². The highest BCUT2D eigenvalue weighted by molar-refractivity contribution is 5.15. The molecule has 0 fully saturated rings. The van der Waals surface area contributed by atoms with Gasteiger partial charge in [-0.3, -0.25) is 0 Å². The van der Waals surface area contributed by atoms with Crippen LogP contribution in [-0.4, -0.2) is 29.5 Å². The maximum atomic E-state index is 12.5. The van der Waals surface area contributed by atoms with E-state index in [9.17, 15) is 4.39 Å². The lowest BCUT2D eigenvalue weighted by atomic mass is 10.2. The summed E-state index contributed by atoms with van der Waals surface area (Å²) in [6.45, 7) is 0.627. The van der Waals surface area contributed by atoms with Crippen LogP contribution in [0.5, 0.6) is 0 Å². The quantitative estimate of drug-likeness (QED) is 0.638. The molecule has 3 N–H and O–H groups in total. The molecule has 0 aliphatic rings. The van der Waals surface area contributed by atoms with Crippen molar-refractivity contribution in [3.63, 3.8) is 0 Å². The van der Waals surface area contributed by atoms with Gasteiger partial charge in [0.15, 0.2) is 0 Å². The second-order valence-electron chi connectivity index (χ2n) is 3.09. The van der Waals surface area contributed by atoms with E-state index < -0.39 is 6.10 Å². The first-order valence-electron chi connectivity index (χ1n) is 4.46. The van der Waals surface area contributed by atoms with Crippen molar-refractivity contribution in [1.29, 1.82) is 0 Å². The van der Waals surface area contributed by atoms with Gasteiger partial charge in [-0.2, -0.15) is 0 Å². The molecule has 1 rings (SSSR count). The lowest BCUT2D eigenvalue weighted by Crippen LogP contribution is -2.28. The van der Waals surface area contributed by atoms with E-state index in [0.29, 0.717) is 13.1 Å². The monoisotopic (exact) mass is 199 g/mol. The van der Waals surface area contributed by atoms with Crippen molar-refractivity contribution >= 4 is 0 Å². The minimum Gasteiger partial charge on any atom is -0.394 e. The fourth-order valence-electron chi connectivity index (χ4n) is 1.05. The minimum absolute atomic E-state index is 0.254. The molecule has 0 saturated carbocycles. The summed E-state index contributed by atoms with van der Waals surface area (Å²) in [5.74, 6) is -0.260. The molecule has 0 saturated heterocycles. The molecular formula is C10H14FNO2. The molecular weight excluding hydrogens is 185 g/mol. The van der Waals surface area contributed by atoms with Gasteiger partial charge in [0.1, 0.15) is 5.82 Å². The van der Waals surface area contributed by atoms with E-state index in [0.717, 1.165) is 5.56 Å². The van der Waals surface area contributed by atoms with Gasteiger partial charge in [-0.05, 0) is 17.7 Å². The van der Waals surface area contributed by atoms with Crippen LogP contribution in [0.25, 0.3) is 0 Å². The van der Waals surface area contributed by atoms with Crippen LogP contribution in [0.3, 0.4) is 0 Å². The Kier molecular flexibility index (Phi) is 4.52. The molecule has 0 spiro atoms. The second kappa shape index (κ2) is 5.70. The Morgan fingerprint density at radius 1 is 1.29 bits per heavy atom. The molecule has 1 aromatic carbocycles. The zero-order valence-electron chi connectivity index (χ0n) is 7.78. The third kappa shape index (κ3) is 3.83. The first kappa shape index (κ1) is 11.1. The molecule has 1 aromatic rings. The molecule has 0 aliphatic heterocycles. The number of nitrogens with one attached hydrogen (secondary N) is 1. The number of rotatable bonds is 5. The summed E-state index contributed by atoms with van der Waals surface area (Å²) >= 11 is 0. The third-order valence-corrected chi connectivity index (χ3v) is 1.83. The van der Waals surface area contributed by atoms with E-state index in [1.165, 1.54) is 12.1 Å². The van der Waals surface area contributed by atoms with Gasteiger partial charge in [-0.25, -0.2) is 4.39 Å². The first-order valence-corrected chi connectivity index (χ1v) is 4.46. The molecule has 4 heteroatoms. The predicted octanol–water partition coefficient (Wildman–Crippen LogP) is 0.268. The van der Waals surface area contributed by atoms with E-state index in [1.807, 2.05) is 0 Å². The Morgan fingerprint density at radius 3 is 2.50 bits per heavy atom. The summed E-state index contributed by atoms with van der Waals surface area (Å²) in [6.07, 6.45) is -0.740. The van der Waals surface area contributed by atoms with Gasteiger partial charge in [0.25, 0.3) is 0 Å². The van der Waals surface area contributed by atoms with Gasteiger partial charge in [-0.15, -0.1) is 0 Å². The fourth-order valence-corrected chi connectivity index (χ4v) is 1.05. The van der Waals surface area contributed by atoms with Gasteiger partial charge in [-0.1, -0.05) is 12.1 Å². The maximum Gasteiger partial charge on any atom is 0.123 e. The summed E-state index contributed by atoms with van der Waals surface area (Å²) in [4.78, 5) is 0. The van der Waals surface area contributed by atoms with Crippen LogP contribution < -0.4 is 5.32 Å². The van der Waals surface area contributed by atoms with Gasteiger partial charge in [0, 0.05) is 13.1 Å². The Morgan fingerprint density at radius 2 is 1.93 bits per heavy atom. The van der Waals surface area contributed by atoms with E-state index >= 15 is 0 Å². The van der Waals surface area contributed by atoms with E-state index in [4.69, 9.17) is 10.2 Å². The molecule has 1 atom stereocenters. The van der Waals surface area contributed by atoms with Gasteiger partial charge in [0.05, 0.1) is 12.7 Å². The second-order valence-corrected chi connectivity index (χ2v) is 3.09. The van der Waals surface area contributed by atoms with Gasteiger partial charge >= 0.3 is 0 Å². The van der Waals surface area contributed by atoms with Crippen molar-refractivity contribution < 1.29 is 14.6 Å². The fraction of sp³-hybridized carbons (Fsp3) is 0.400. The Labute approximate surface area is 82.2 Å². The Bertz CT molecular complexity index is 263. The summed E-state index contributed by atoms with van der Waals surface area (Å²) in [7, 11) is 0. The molecule has 14 heavy (non-hydrogen) atoms. The topological polar surface area (TPSA) is 52.5 Å². The normalized spacial score (nSPS) is 12.8. The lowest BCUT2D eigenvalue weighted by molar-refractivity contribution is 0.0942. The van der Waals surface area contributed by atoms with Crippen LogP contribution in [0.4, 0.5) is 4.39 Å². The van der Waals surface area contributed by atoms with Gasteiger partial charge in [0.2, 0.25) is 0 Å². The summed E-state index contributed by atoms with van der Waals surface area (Å²) in [5.41, 5.74) is 0.941. The Balaban J connectivity index is 2.28. The molecule has 0 amide bonds. The summed E-state index contributed by atoms with van der Waals surface area (Å²) in [5, 5.41) is 20.5. The standard InChI is InChI=1S/C10H14FNO2/c11-9-3-1-8(2-4-9)5-12-6-10(14)7-13/h1-4,10,12-14H,5-7H2. The summed E-state index contributed by atoms with van der Waals surface area (Å²) < 4.78 is 12.5. The number of halogens is 1. The minimum atomic E-state index is -0.740. The Hall–Kier alpha value is -0.970. The van der Waals surface area contributed by atoms with Crippen LogP contribution in [0, 0.1) is 5.82 Å². The van der Waals surface area contributed by atoms with Crippen molar-refractivity contribution in [2.24, 2.45) is 0 Å². The third-order valence-electron chi connectivity index (χ3n) is 1.83. The molecule has 0 aliphatic carbocycles. The van der Waals surface area contributed by atoms with E-state index in [-0.39, 0.29) is 12.4 Å². The average molecular weight is 199 g/mol. The van der Waals surface area contributed by atoms with Crippen molar-refractivity contribution in [1.82, 2.24) is 5.32 Å². The number of aliphatic hydroxyl groups excluding tert-OH is 2. The van der Waals surface area contributed by atoms with Crippen LogP contribution in [-0.2, 0) is 6.54 Å². The van der Waals surface area contributed by atoms with Crippen LogP contribution in [0.2, 0.25) is 0 Å². The molecule has 3 nitrogen and oxygen atoms in total. The molecule has 0 radical (unpaired) electrons. The molecule has 1 unspecified atom stereocenters. The zero-order valence-corrected chi connectivity index (χ0v) is 7.78. The van der Waals surface area contributed by atoms with Crippen molar-refractivity contribution in [2.75, 3.05) is 13.2 Å². The molecule has 0 heterocycles. The van der Waals surface area contributed by atoms with Crippen molar-refractivity contribution in [2.45, 2.75) is 12.6 Å². The maximum absolute atomic E-state index is 12.5. The highest BCUT2D eigenvalue weighted by Gasteiger charge is 2.00. The molecule has 0 aromatic heterocycles. The molecule has 78 valence electrons. The smallest absolute Gasteiger partial charge is 0.123 e. The highest BCUT2D eigenvalue weighted by atomic mass is 19.1. The van der Waals surface area contributed by atoms with E-state index in [1.54, 1.807) is 12.1 Å². The van der Waals surface area contributed by atoms with Crippen LogP contribution >= 0.6 is 0 Å². The average Bonchev–Trinajstić information content (AvgIpc) is 2.21. The predicted molar refractivity (Wildman–Crippen MR) is 51.2 cm³/mol. The number of benzene rings is 1. The van der Waals surface area contributed by atoms with E-state index in [2.05, 4.69) is 5.32 Å².